The molecule has 4 aromatic rings. The molecule has 29 heavy (non-hydrogen) atoms. The van der Waals surface area contributed by atoms with E-state index in [1.807, 2.05) is 6.07 Å². The van der Waals surface area contributed by atoms with Gasteiger partial charge in [-0.15, -0.1) is 11.3 Å². The molecular formula is C22H20N4O2S. The minimum absolute atomic E-state index is 0.293. The number of nitrogen functional groups attached to an aromatic ring is 1. The van der Waals surface area contributed by atoms with E-state index in [-0.39, 0.29) is 5.91 Å². The van der Waals surface area contributed by atoms with Crippen LogP contribution in [0.15, 0.2) is 47.0 Å². The van der Waals surface area contributed by atoms with Crippen molar-refractivity contribution in [3.8, 4) is 0 Å². The van der Waals surface area contributed by atoms with Crippen LogP contribution in [0.25, 0.3) is 10.2 Å². The number of fused-ring (bicyclic) bond motifs is 2. The molecule has 3 N–H and O–H groups in total. The molecule has 3 aromatic heterocycles. The van der Waals surface area contributed by atoms with Crippen molar-refractivity contribution >= 4 is 39.0 Å². The lowest BCUT2D eigenvalue weighted by Crippen LogP contribution is -2.14. The Bertz CT molecular complexity index is 1210. The van der Waals surface area contributed by atoms with Crippen molar-refractivity contribution in [2.24, 2.45) is 0 Å². The van der Waals surface area contributed by atoms with Gasteiger partial charge in [0.1, 0.15) is 15.5 Å². The topological polar surface area (TPSA) is 94.0 Å². The second kappa shape index (κ2) is 7.00. The molecule has 0 saturated heterocycles. The van der Waals surface area contributed by atoms with E-state index >= 15 is 0 Å². The average Bonchev–Trinajstić information content (AvgIpc) is 3.29. The largest absolute Gasteiger partial charge is 0.397 e. The smallest absolute Gasteiger partial charge is 0.269 e. The number of benzene rings is 1. The Labute approximate surface area is 171 Å². The number of nitrogens with one attached hydrogen (secondary N) is 1. The number of hydrogen-bond acceptors (Lipinski definition) is 6. The van der Waals surface area contributed by atoms with E-state index in [1.54, 1.807) is 13.0 Å². The fraction of sp³-hybridized carbons (Fsp3) is 0.227. The molecular weight excluding hydrogens is 384 g/mol. The van der Waals surface area contributed by atoms with Crippen LogP contribution < -0.4 is 11.1 Å². The number of pyridine rings is 1. The summed E-state index contributed by atoms with van der Waals surface area (Å²) in [6.07, 6.45) is 2.95. The molecule has 0 spiro atoms. The van der Waals surface area contributed by atoms with Crippen molar-refractivity contribution in [2.75, 3.05) is 11.1 Å². The number of aryl methyl sites for hydroxylation is 2. The predicted molar refractivity (Wildman–Crippen MR) is 114 cm³/mol. The van der Waals surface area contributed by atoms with Gasteiger partial charge in [0, 0.05) is 17.1 Å². The van der Waals surface area contributed by atoms with Crippen LogP contribution in [0.4, 0.5) is 11.5 Å². The quantitative estimate of drug-likeness (QED) is 0.516. The van der Waals surface area contributed by atoms with E-state index in [2.05, 4.69) is 40.8 Å². The average molecular weight is 404 g/mol. The van der Waals surface area contributed by atoms with Crippen molar-refractivity contribution in [2.45, 2.75) is 32.1 Å². The van der Waals surface area contributed by atoms with Crippen molar-refractivity contribution < 1.29 is 9.32 Å². The third-order valence-electron chi connectivity index (χ3n) is 5.43. The van der Waals surface area contributed by atoms with Gasteiger partial charge in [-0.25, -0.2) is 4.98 Å². The molecule has 7 heteroatoms. The first-order chi connectivity index (χ1) is 14.1. The molecule has 0 bridgehead atoms. The van der Waals surface area contributed by atoms with Gasteiger partial charge >= 0.3 is 0 Å². The first-order valence-corrected chi connectivity index (χ1v) is 10.4. The number of carbonyl (C=O) groups excluding carboxylic acids is 1. The maximum atomic E-state index is 12.7. The molecule has 0 radical (unpaired) electrons. The lowest BCUT2D eigenvalue weighted by atomic mass is 9.82. The van der Waals surface area contributed by atoms with Crippen molar-refractivity contribution in [1.29, 1.82) is 0 Å². The van der Waals surface area contributed by atoms with E-state index in [4.69, 9.17) is 15.2 Å². The number of hydrogen-bond donors (Lipinski definition) is 2. The summed E-state index contributed by atoms with van der Waals surface area (Å²) in [5.41, 5.74) is 10.5. The molecule has 0 fully saturated rings. The molecule has 1 aromatic carbocycles. The Morgan fingerprint density at radius 1 is 1.28 bits per heavy atom. The van der Waals surface area contributed by atoms with Crippen LogP contribution >= 0.6 is 11.3 Å². The van der Waals surface area contributed by atoms with Gasteiger partial charge in [0.2, 0.25) is 0 Å². The van der Waals surface area contributed by atoms with Crippen LogP contribution in [0.3, 0.4) is 0 Å². The maximum Gasteiger partial charge on any atom is 0.269 e. The fourth-order valence-electron chi connectivity index (χ4n) is 3.97. The molecule has 5 rings (SSSR count). The van der Waals surface area contributed by atoms with E-state index in [9.17, 15) is 4.79 Å². The van der Waals surface area contributed by atoms with Crippen LogP contribution in [0.2, 0.25) is 0 Å². The zero-order chi connectivity index (χ0) is 20.0. The van der Waals surface area contributed by atoms with Crippen LogP contribution in [0.5, 0.6) is 0 Å². The monoisotopic (exact) mass is 404 g/mol. The second-order valence-corrected chi connectivity index (χ2v) is 8.42. The predicted octanol–water partition coefficient (Wildman–Crippen LogP) is 4.70. The van der Waals surface area contributed by atoms with Gasteiger partial charge in [0.15, 0.2) is 5.82 Å². The molecule has 1 aliphatic rings. The van der Waals surface area contributed by atoms with Crippen molar-refractivity contribution in [1.82, 2.24) is 10.1 Å². The van der Waals surface area contributed by atoms with Gasteiger partial charge < -0.3 is 15.6 Å². The van der Waals surface area contributed by atoms with Gasteiger partial charge in [-0.2, -0.15) is 0 Å². The number of aromatic nitrogens is 2. The summed E-state index contributed by atoms with van der Waals surface area (Å²) < 4.78 is 5.00. The van der Waals surface area contributed by atoms with Crippen LogP contribution in [0, 0.1) is 6.92 Å². The number of anilines is 2. The first kappa shape index (κ1) is 17.9. The normalized spacial score (nSPS) is 16.0. The summed E-state index contributed by atoms with van der Waals surface area (Å²) in [4.78, 5) is 18.8. The van der Waals surface area contributed by atoms with Gasteiger partial charge in [-0.1, -0.05) is 35.5 Å². The second-order valence-electron chi connectivity index (χ2n) is 7.42. The van der Waals surface area contributed by atoms with E-state index in [1.165, 1.54) is 22.5 Å². The highest BCUT2D eigenvalue weighted by atomic mass is 32.1. The molecule has 1 amide bonds. The third kappa shape index (κ3) is 3.27. The van der Waals surface area contributed by atoms with Crippen LogP contribution in [-0.4, -0.2) is 16.0 Å². The summed E-state index contributed by atoms with van der Waals surface area (Å²) >= 11 is 1.32. The molecule has 0 unspecified atom stereocenters. The summed E-state index contributed by atoms with van der Waals surface area (Å²) in [6, 6.07) is 14.4. The maximum absolute atomic E-state index is 12.7. The lowest BCUT2D eigenvalue weighted by Gasteiger charge is -2.24. The van der Waals surface area contributed by atoms with E-state index in [0.29, 0.717) is 28.1 Å². The molecule has 146 valence electrons. The van der Waals surface area contributed by atoms with Gasteiger partial charge in [-0.05, 0) is 49.3 Å². The minimum atomic E-state index is -0.293. The number of thiophene rings is 1. The highest BCUT2D eigenvalue weighted by molar-refractivity contribution is 7.21. The van der Waals surface area contributed by atoms with Gasteiger partial charge in [0.25, 0.3) is 5.91 Å². The molecule has 1 atom stereocenters. The molecule has 6 nitrogen and oxygen atoms in total. The van der Waals surface area contributed by atoms with E-state index < -0.39 is 0 Å². The zero-order valence-corrected chi connectivity index (χ0v) is 16.8. The van der Waals surface area contributed by atoms with Gasteiger partial charge in [-0.3, -0.25) is 4.79 Å². The summed E-state index contributed by atoms with van der Waals surface area (Å²) in [5.74, 6) is 1.20. The third-order valence-corrected chi connectivity index (χ3v) is 6.55. The first-order valence-electron chi connectivity index (χ1n) is 9.59. The number of rotatable bonds is 3. The standard InChI is InChI=1S/C22H20N4O2S/c1-12-9-18(26-28-12)25-21(27)20-19(23)16-11-15-10-14(13-5-3-2-4-6-13)7-8-17(15)24-22(16)29-20/h2-6,9,11,14H,7-8,10,23H2,1H3,(H,25,26,27)/t14-/m0/s1. The summed E-state index contributed by atoms with van der Waals surface area (Å²) in [7, 11) is 0. The Balaban J connectivity index is 1.46. The molecule has 0 saturated carbocycles. The lowest BCUT2D eigenvalue weighted by molar-refractivity contribution is 0.103. The fourth-order valence-corrected chi connectivity index (χ4v) is 4.96. The number of amides is 1. The number of nitrogens with two attached hydrogens (primary N) is 1. The van der Waals surface area contributed by atoms with Gasteiger partial charge in [0.05, 0.1) is 5.69 Å². The Morgan fingerprint density at radius 2 is 2.10 bits per heavy atom. The zero-order valence-electron chi connectivity index (χ0n) is 15.9. The number of carbonyl (C=O) groups is 1. The van der Waals surface area contributed by atoms with Crippen molar-refractivity contribution in [3.05, 3.63) is 69.9 Å². The molecule has 1 aliphatic carbocycles. The SMILES string of the molecule is Cc1cc(NC(=O)c2sc3nc4c(cc3c2N)C[C@@H](c2ccccc2)CC4)no1. The Kier molecular flexibility index (Phi) is 4.32. The molecule has 0 aliphatic heterocycles. The highest BCUT2D eigenvalue weighted by Crippen LogP contribution is 2.38. The summed E-state index contributed by atoms with van der Waals surface area (Å²) in [6.45, 7) is 1.77. The highest BCUT2D eigenvalue weighted by Gasteiger charge is 2.24. The van der Waals surface area contributed by atoms with Crippen molar-refractivity contribution in [3.63, 3.8) is 0 Å². The Morgan fingerprint density at radius 3 is 2.86 bits per heavy atom. The van der Waals surface area contributed by atoms with E-state index in [0.717, 1.165) is 35.2 Å². The Hall–Kier alpha value is -3.19. The minimum Gasteiger partial charge on any atom is -0.397 e. The summed E-state index contributed by atoms with van der Waals surface area (Å²) in [5, 5.41) is 7.39. The van der Waals surface area contributed by atoms with Crippen LogP contribution in [0.1, 0.15) is 44.6 Å². The van der Waals surface area contributed by atoms with Crippen LogP contribution in [-0.2, 0) is 12.8 Å². The molecule has 3 heterocycles. The number of nitrogens with zero attached hydrogens (tertiary/aromatic N) is 2.